The molecule has 0 heterocycles. The SMILES string of the molecule is O.O.O=S(=O)(O)O.O=[S](O)(=[Ba])OO.S.[Ba+2].[OH-].[OH-]. The molecule has 0 amide bonds. The summed E-state index contributed by atoms with van der Waals surface area (Å²) in [6.45, 7) is 0. The van der Waals surface area contributed by atoms with Crippen molar-refractivity contribution in [2.75, 3.05) is 0 Å². The first kappa shape index (κ1) is 50.0. The molecule has 17 heavy (non-hydrogen) atoms. The van der Waals surface area contributed by atoms with Crippen molar-refractivity contribution in [3.63, 3.8) is 0 Å². The summed E-state index contributed by atoms with van der Waals surface area (Å²) in [5.41, 5.74) is 0. The van der Waals surface area contributed by atoms with Gasteiger partial charge in [0.05, 0.1) is 0 Å². The molecule has 10 N–H and O–H groups in total. The Hall–Kier alpha value is 3.23. The predicted molar refractivity (Wildman–Crippen MR) is 61.7 cm³/mol. The van der Waals surface area contributed by atoms with Crippen LogP contribution < -0.4 is 0 Å². The van der Waals surface area contributed by atoms with Gasteiger partial charge in [-0.05, 0) is 0 Å². The molecule has 0 aliphatic rings. The van der Waals surface area contributed by atoms with Crippen molar-refractivity contribution < 1.29 is 57.8 Å². The maximum Gasteiger partial charge on any atom is 2.00 e. The van der Waals surface area contributed by atoms with Crippen LogP contribution in [0.1, 0.15) is 0 Å². The Balaban J connectivity index is -0.0000000118. The summed E-state index contributed by atoms with van der Waals surface area (Å²) < 4.78 is 49.2. The average Bonchev–Trinajstić information content (AvgIpc) is 1.59. The van der Waals surface area contributed by atoms with Gasteiger partial charge < -0.3 is 21.9 Å². The number of hydrogen-bond acceptors (Lipinski definition) is 7. The quantitative estimate of drug-likeness (QED) is 0.103. The minimum Gasteiger partial charge on any atom is -0.870 e. The van der Waals surface area contributed by atoms with Crippen LogP contribution in [0.2, 0.25) is 0 Å². The molecule has 0 aromatic carbocycles. The zero-order valence-corrected chi connectivity index (χ0v) is 19.6. The molecule has 12 nitrogen and oxygen atoms in total. The molecule has 106 valence electrons. The van der Waals surface area contributed by atoms with Crippen molar-refractivity contribution in [3.8, 4) is 0 Å². The van der Waals surface area contributed by atoms with Crippen LogP contribution in [0.5, 0.6) is 0 Å². The van der Waals surface area contributed by atoms with Gasteiger partial charge in [-0.3, -0.25) is 9.11 Å². The Morgan fingerprint density at radius 2 is 1.00 bits per heavy atom. The Kier molecular flexibility index (Phi) is 71.4. The zero-order valence-electron chi connectivity index (χ0n) is 8.05. The van der Waals surface area contributed by atoms with Gasteiger partial charge in [0.2, 0.25) is 0 Å². The minimum absolute atomic E-state index is 0. The van der Waals surface area contributed by atoms with Crippen molar-refractivity contribution in [1.29, 1.82) is 0 Å². The molecule has 0 saturated carbocycles. The van der Waals surface area contributed by atoms with Crippen LogP contribution in [-0.2, 0) is 17.0 Å². The molecule has 1 unspecified atom stereocenters. The third kappa shape index (κ3) is 147. The minimum atomic E-state index is -4.67. The smallest absolute Gasteiger partial charge is 0.870 e. The number of hydrogen-bond donors (Lipinski definition) is 4. The Morgan fingerprint density at radius 3 is 1.00 bits per heavy atom. The van der Waals surface area contributed by atoms with Crippen molar-refractivity contribution in [1.82, 2.24) is 0 Å². The first-order valence-electron chi connectivity index (χ1n) is 1.69. The zero-order chi connectivity index (χ0) is 9.71. The van der Waals surface area contributed by atoms with Crippen LogP contribution in [0.25, 0.3) is 0 Å². The van der Waals surface area contributed by atoms with E-state index in [2.05, 4.69) is 4.33 Å². The van der Waals surface area contributed by atoms with E-state index in [1.54, 1.807) is 0 Å². The fourth-order valence-corrected chi connectivity index (χ4v) is 0. The fourth-order valence-electron chi connectivity index (χ4n) is 0. The monoisotopic (exact) mass is 576 g/mol. The van der Waals surface area contributed by atoms with Gasteiger partial charge in [0.15, 0.2) is 0 Å². The summed E-state index contributed by atoms with van der Waals surface area (Å²) in [5.74, 6) is 0. The van der Waals surface area contributed by atoms with Gasteiger partial charge in [-0.15, -0.1) is 0 Å². The van der Waals surface area contributed by atoms with Crippen molar-refractivity contribution in [2.24, 2.45) is 0 Å². The molecular weight excluding hydrogens is 563 g/mol. The van der Waals surface area contributed by atoms with E-state index in [9.17, 15) is 4.21 Å². The van der Waals surface area contributed by atoms with Crippen LogP contribution >= 0.6 is 13.5 Å². The first-order valence-corrected chi connectivity index (χ1v) is 10.1. The first-order chi connectivity index (χ1) is 4.56. The second kappa shape index (κ2) is 24.3. The second-order valence-corrected chi connectivity index (χ2v) is 10.2. The van der Waals surface area contributed by atoms with Gasteiger partial charge in [0.25, 0.3) is 0 Å². The van der Waals surface area contributed by atoms with Gasteiger partial charge >= 0.3 is 124 Å². The van der Waals surface area contributed by atoms with Crippen LogP contribution in [0, 0.1) is 0 Å². The van der Waals surface area contributed by atoms with Crippen LogP contribution in [-0.4, -0.2) is 146 Å². The summed E-state index contributed by atoms with van der Waals surface area (Å²) in [6.07, 6.45) is 0. The molecule has 0 aliphatic heterocycles. The molecule has 0 aliphatic carbocycles. The Labute approximate surface area is 172 Å². The van der Waals surface area contributed by atoms with E-state index in [0.29, 0.717) is 0 Å². The summed E-state index contributed by atoms with van der Waals surface area (Å²) in [5, 5.41) is 7.43. The van der Waals surface area contributed by atoms with E-state index < -0.39 is 56.3 Å². The topological polar surface area (TPSA) is 264 Å². The Bertz CT molecular complexity index is 267. The summed E-state index contributed by atoms with van der Waals surface area (Å²) >= 11 is -0.426. The molecule has 1 atom stereocenters. The molecule has 0 aromatic rings. The summed E-state index contributed by atoms with van der Waals surface area (Å²) in [6, 6.07) is 0. The number of rotatable bonds is 1. The standard InChI is InChI=1S/2Ba.2H2O4S.4H2O.H2S/c;;1-5(2,3)4;1-4-5(2)3;;;;;/h;;(H2,1,2,3,4);1H,(H,2,3);5*1H2/q;+2;;;;;;;/p-2. The predicted octanol–water partition coefficient (Wildman–Crippen LogP) is -3.69. The Morgan fingerprint density at radius 1 is 0.941 bits per heavy atom. The molecular formula is H12Ba2O12S3. The normalized spacial score (nSPS) is 10.5. The molecule has 0 fully saturated rings. The van der Waals surface area contributed by atoms with Crippen molar-refractivity contribution >= 4 is 119 Å². The van der Waals surface area contributed by atoms with Gasteiger partial charge in [-0.25, -0.2) is 0 Å². The maximum atomic E-state index is 9.73. The van der Waals surface area contributed by atoms with Crippen molar-refractivity contribution in [3.05, 3.63) is 0 Å². The van der Waals surface area contributed by atoms with E-state index >= 15 is 0 Å². The maximum absolute atomic E-state index is 9.73. The van der Waals surface area contributed by atoms with Crippen molar-refractivity contribution in [2.45, 2.75) is 0 Å². The van der Waals surface area contributed by atoms with Crippen LogP contribution in [0.3, 0.4) is 0 Å². The van der Waals surface area contributed by atoms with Crippen LogP contribution in [0.15, 0.2) is 0 Å². The average molecular weight is 575 g/mol. The fraction of sp³-hybridized carbons (Fsp3) is 0. The molecule has 0 saturated heterocycles. The molecule has 0 aromatic heterocycles. The second-order valence-electron chi connectivity index (χ2n) is 1.10. The molecule has 0 spiro atoms. The molecule has 17 heteroatoms. The van der Waals surface area contributed by atoms with E-state index in [4.69, 9.17) is 27.3 Å². The third-order valence-electron chi connectivity index (χ3n) is 0.116. The van der Waals surface area contributed by atoms with Crippen LogP contribution in [0.4, 0.5) is 0 Å². The van der Waals surface area contributed by atoms with E-state index in [1.807, 2.05) is 0 Å². The van der Waals surface area contributed by atoms with Gasteiger partial charge in [-0.2, -0.15) is 21.9 Å². The molecule has 0 bridgehead atoms. The molecule has 0 radical (unpaired) electrons. The molecule has 0 rings (SSSR count). The van der Waals surface area contributed by atoms with E-state index in [0.717, 1.165) is 0 Å². The van der Waals surface area contributed by atoms with Gasteiger partial charge in [0.1, 0.15) is 0 Å². The van der Waals surface area contributed by atoms with E-state index in [1.165, 1.54) is 0 Å². The third-order valence-corrected chi connectivity index (χ3v) is 1.34. The van der Waals surface area contributed by atoms with Gasteiger partial charge in [-0.1, -0.05) is 0 Å². The summed E-state index contributed by atoms with van der Waals surface area (Å²) in [7, 11) is -4.67. The van der Waals surface area contributed by atoms with E-state index in [-0.39, 0.29) is 84.3 Å². The van der Waals surface area contributed by atoms with Gasteiger partial charge in [0, 0.05) is 0 Å². The summed E-state index contributed by atoms with van der Waals surface area (Å²) in [4.78, 5) is 0. The largest absolute Gasteiger partial charge is 2.00 e.